The van der Waals surface area contributed by atoms with E-state index >= 15 is 0 Å². The predicted octanol–water partition coefficient (Wildman–Crippen LogP) is 3.89. The molecular weight excluding hydrogens is 233 g/mol. The van der Waals surface area contributed by atoms with Gasteiger partial charge in [-0.25, -0.2) is 9.18 Å². The predicted molar refractivity (Wildman–Crippen MR) is 68.2 cm³/mol. The van der Waals surface area contributed by atoms with Crippen LogP contribution in [-0.2, 0) is 0 Å². The minimum Gasteiger partial charge on any atom is -0.465 e. The molecule has 2 rings (SSSR count). The van der Waals surface area contributed by atoms with Gasteiger partial charge < -0.3 is 5.11 Å². The third-order valence-electron chi connectivity index (χ3n) is 2.59. The lowest BCUT2D eigenvalue weighted by Gasteiger charge is -2.09. The van der Waals surface area contributed by atoms with E-state index in [1.165, 1.54) is 18.2 Å². The summed E-state index contributed by atoms with van der Waals surface area (Å²) < 4.78 is 13.3. The number of carbonyl (C=O) groups is 1. The molecule has 92 valence electrons. The third-order valence-corrected chi connectivity index (χ3v) is 2.59. The Kier molecular flexibility index (Phi) is 3.28. The Morgan fingerprint density at radius 3 is 2.44 bits per heavy atom. The maximum atomic E-state index is 13.3. The lowest BCUT2D eigenvalue weighted by Crippen LogP contribution is -2.08. The van der Waals surface area contributed by atoms with Crippen LogP contribution in [0.25, 0.3) is 11.1 Å². The zero-order valence-corrected chi connectivity index (χ0v) is 9.77. The summed E-state index contributed by atoms with van der Waals surface area (Å²) in [4.78, 5) is 10.7. The van der Waals surface area contributed by atoms with Gasteiger partial charge in [0.1, 0.15) is 5.82 Å². The molecule has 0 saturated heterocycles. The fourth-order valence-corrected chi connectivity index (χ4v) is 1.71. The number of rotatable bonds is 2. The number of amides is 1. The first-order valence-corrected chi connectivity index (χ1v) is 5.43. The molecule has 0 saturated carbocycles. The van der Waals surface area contributed by atoms with Gasteiger partial charge in [0, 0.05) is 5.56 Å². The van der Waals surface area contributed by atoms with Crippen molar-refractivity contribution in [1.82, 2.24) is 0 Å². The SMILES string of the molecule is Cc1ccc(-c2cc(F)ccc2NC(=O)O)cc1. The maximum Gasteiger partial charge on any atom is 0.409 e. The molecule has 18 heavy (non-hydrogen) atoms. The first kappa shape index (κ1) is 12.1. The summed E-state index contributed by atoms with van der Waals surface area (Å²) in [6, 6.07) is 11.4. The van der Waals surface area contributed by atoms with Crippen molar-refractivity contribution in [3.63, 3.8) is 0 Å². The van der Waals surface area contributed by atoms with Crippen molar-refractivity contribution in [3.05, 3.63) is 53.8 Å². The van der Waals surface area contributed by atoms with Crippen LogP contribution < -0.4 is 5.32 Å². The number of carboxylic acid groups (broad SMARTS) is 1. The summed E-state index contributed by atoms with van der Waals surface area (Å²) in [5.74, 6) is -0.401. The van der Waals surface area contributed by atoms with Crippen LogP contribution in [0.1, 0.15) is 5.56 Å². The second-order valence-electron chi connectivity index (χ2n) is 3.99. The van der Waals surface area contributed by atoms with Crippen molar-refractivity contribution in [2.24, 2.45) is 0 Å². The summed E-state index contributed by atoms with van der Waals surface area (Å²) in [6.45, 7) is 1.95. The number of aryl methyl sites for hydroxylation is 1. The first-order chi connectivity index (χ1) is 8.56. The molecule has 0 aromatic heterocycles. The van der Waals surface area contributed by atoms with Crippen LogP contribution in [0.2, 0.25) is 0 Å². The van der Waals surface area contributed by atoms with Gasteiger partial charge in [-0.2, -0.15) is 0 Å². The molecule has 0 aliphatic rings. The van der Waals surface area contributed by atoms with Gasteiger partial charge in [-0.3, -0.25) is 5.32 Å². The minimum absolute atomic E-state index is 0.368. The molecular formula is C14H12FNO2. The lowest BCUT2D eigenvalue weighted by atomic mass is 10.0. The van der Waals surface area contributed by atoms with Crippen molar-refractivity contribution >= 4 is 11.8 Å². The highest BCUT2D eigenvalue weighted by molar-refractivity contribution is 5.90. The van der Waals surface area contributed by atoms with Gasteiger partial charge in [-0.1, -0.05) is 29.8 Å². The van der Waals surface area contributed by atoms with Gasteiger partial charge in [0.15, 0.2) is 0 Å². The standard InChI is InChI=1S/C14H12FNO2/c1-9-2-4-10(5-3-9)12-8-11(15)6-7-13(12)16-14(17)18/h2-8,16H,1H3,(H,17,18). The number of halogens is 1. The molecule has 4 heteroatoms. The molecule has 0 unspecified atom stereocenters. The topological polar surface area (TPSA) is 49.3 Å². The number of anilines is 1. The molecule has 2 aromatic rings. The highest BCUT2D eigenvalue weighted by atomic mass is 19.1. The van der Waals surface area contributed by atoms with Gasteiger partial charge in [-0.05, 0) is 30.7 Å². The van der Waals surface area contributed by atoms with Gasteiger partial charge >= 0.3 is 6.09 Å². The molecule has 1 amide bonds. The van der Waals surface area contributed by atoms with Crippen molar-refractivity contribution < 1.29 is 14.3 Å². The van der Waals surface area contributed by atoms with Crippen LogP contribution in [0.4, 0.5) is 14.9 Å². The number of hydrogen-bond acceptors (Lipinski definition) is 1. The van der Waals surface area contributed by atoms with Crippen molar-refractivity contribution in [3.8, 4) is 11.1 Å². The fourth-order valence-electron chi connectivity index (χ4n) is 1.71. The van der Waals surface area contributed by atoms with Crippen LogP contribution >= 0.6 is 0 Å². The summed E-state index contributed by atoms with van der Waals surface area (Å²) in [6.07, 6.45) is -1.17. The van der Waals surface area contributed by atoms with Crippen LogP contribution in [-0.4, -0.2) is 11.2 Å². The zero-order valence-electron chi connectivity index (χ0n) is 9.77. The smallest absolute Gasteiger partial charge is 0.409 e. The second-order valence-corrected chi connectivity index (χ2v) is 3.99. The first-order valence-electron chi connectivity index (χ1n) is 5.43. The lowest BCUT2D eigenvalue weighted by molar-refractivity contribution is 0.210. The fraction of sp³-hybridized carbons (Fsp3) is 0.0714. The average molecular weight is 245 g/mol. The highest BCUT2D eigenvalue weighted by Crippen LogP contribution is 2.29. The maximum absolute atomic E-state index is 13.3. The Morgan fingerprint density at radius 2 is 1.83 bits per heavy atom. The quantitative estimate of drug-likeness (QED) is 0.843. The van der Waals surface area contributed by atoms with E-state index in [2.05, 4.69) is 5.32 Å². The molecule has 0 fully saturated rings. The van der Waals surface area contributed by atoms with Gasteiger partial charge in [0.2, 0.25) is 0 Å². The van der Waals surface area contributed by atoms with Crippen molar-refractivity contribution in [1.29, 1.82) is 0 Å². The van der Waals surface area contributed by atoms with E-state index in [0.29, 0.717) is 11.3 Å². The van der Waals surface area contributed by atoms with E-state index in [1.807, 2.05) is 31.2 Å². The summed E-state index contributed by atoms with van der Waals surface area (Å²) in [5.41, 5.74) is 2.75. The number of benzene rings is 2. The van der Waals surface area contributed by atoms with Crippen LogP contribution in [0, 0.1) is 12.7 Å². The minimum atomic E-state index is -1.17. The Bertz CT molecular complexity index is 579. The molecule has 2 aromatic carbocycles. The summed E-state index contributed by atoms with van der Waals surface area (Å²) >= 11 is 0. The second kappa shape index (κ2) is 4.87. The molecule has 0 spiro atoms. The monoisotopic (exact) mass is 245 g/mol. The molecule has 2 N–H and O–H groups in total. The van der Waals surface area contributed by atoms with Crippen LogP contribution in [0.5, 0.6) is 0 Å². The summed E-state index contributed by atoms with van der Waals surface area (Å²) in [7, 11) is 0. The van der Waals surface area contributed by atoms with E-state index in [-0.39, 0.29) is 0 Å². The number of nitrogens with one attached hydrogen (secondary N) is 1. The van der Waals surface area contributed by atoms with E-state index in [4.69, 9.17) is 5.11 Å². The normalized spacial score (nSPS) is 10.1. The third kappa shape index (κ3) is 2.66. The van der Waals surface area contributed by atoms with Gasteiger partial charge in [-0.15, -0.1) is 0 Å². The van der Waals surface area contributed by atoms with Crippen molar-refractivity contribution in [2.75, 3.05) is 5.32 Å². The molecule has 3 nitrogen and oxygen atoms in total. The number of hydrogen-bond donors (Lipinski definition) is 2. The summed E-state index contributed by atoms with van der Waals surface area (Å²) in [5, 5.41) is 11.0. The van der Waals surface area contributed by atoms with E-state index in [1.54, 1.807) is 0 Å². The molecule has 0 radical (unpaired) electrons. The molecule has 0 aliphatic carbocycles. The van der Waals surface area contributed by atoms with E-state index in [9.17, 15) is 9.18 Å². The van der Waals surface area contributed by atoms with E-state index < -0.39 is 11.9 Å². The van der Waals surface area contributed by atoms with E-state index in [0.717, 1.165) is 11.1 Å². The molecule has 0 heterocycles. The van der Waals surface area contributed by atoms with Gasteiger partial charge in [0.25, 0.3) is 0 Å². The van der Waals surface area contributed by atoms with Crippen molar-refractivity contribution in [2.45, 2.75) is 6.92 Å². The molecule has 0 bridgehead atoms. The van der Waals surface area contributed by atoms with Crippen LogP contribution in [0.15, 0.2) is 42.5 Å². The molecule has 0 atom stereocenters. The Morgan fingerprint density at radius 1 is 1.17 bits per heavy atom. The zero-order chi connectivity index (χ0) is 13.1. The highest BCUT2D eigenvalue weighted by Gasteiger charge is 2.08. The molecule has 0 aliphatic heterocycles. The largest absolute Gasteiger partial charge is 0.465 e. The Hall–Kier alpha value is -2.36. The Labute approximate surface area is 104 Å². The van der Waals surface area contributed by atoms with Gasteiger partial charge in [0.05, 0.1) is 5.69 Å². The van der Waals surface area contributed by atoms with Crippen LogP contribution in [0.3, 0.4) is 0 Å². The average Bonchev–Trinajstić information content (AvgIpc) is 2.32. The Balaban J connectivity index is 2.50.